The number of nitrogen functional groups attached to an aromatic ring is 1. The topological polar surface area (TPSA) is 75.3 Å². The fourth-order valence-corrected chi connectivity index (χ4v) is 2.15. The van der Waals surface area contributed by atoms with Crippen LogP contribution in [0.15, 0.2) is 36.4 Å². The van der Waals surface area contributed by atoms with E-state index >= 15 is 0 Å². The van der Waals surface area contributed by atoms with Crippen molar-refractivity contribution in [2.75, 3.05) is 12.3 Å². The SMILES string of the molecule is CC(O)CCCNC(=O)c1cc2ccccc2cc1N. The highest BCUT2D eigenvalue weighted by Gasteiger charge is 2.10. The first-order valence-electron chi connectivity index (χ1n) is 6.82. The van der Waals surface area contributed by atoms with Crippen molar-refractivity contribution in [3.63, 3.8) is 0 Å². The van der Waals surface area contributed by atoms with E-state index in [2.05, 4.69) is 5.32 Å². The Morgan fingerprint density at radius 3 is 2.60 bits per heavy atom. The zero-order valence-electron chi connectivity index (χ0n) is 11.6. The molecule has 0 aliphatic rings. The number of benzene rings is 2. The zero-order valence-corrected chi connectivity index (χ0v) is 11.6. The Hall–Kier alpha value is -2.07. The highest BCUT2D eigenvalue weighted by Crippen LogP contribution is 2.21. The highest BCUT2D eigenvalue weighted by molar-refractivity contribution is 6.03. The first-order valence-corrected chi connectivity index (χ1v) is 6.82. The van der Waals surface area contributed by atoms with Gasteiger partial charge in [-0.3, -0.25) is 4.79 Å². The minimum atomic E-state index is -0.336. The van der Waals surface area contributed by atoms with E-state index in [1.807, 2.05) is 36.4 Å². The van der Waals surface area contributed by atoms with E-state index in [9.17, 15) is 4.79 Å². The van der Waals surface area contributed by atoms with Gasteiger partial charge in [0.15, 0.2) is 0 Å². The second-order valence-corrected chi connectivity index (χ2v) is 5.03. The van der Waals surface area contributed by atoms with Crippen LogP contribution in [-0.2, 0) is 0 Å². The van der Waals surface area contributed by atoms with E-state index < -0.39 is 0 Å². The number of carbonyl (C=O) groups excluding carboxylic acids is 1. The van der Waals surface area contributed by atoms with Gasteiger partial charge in [-0.1, -0.05) is 24.3 Å². The van der Waals surface area contributed by atoms with Gasteiger partial charge in [0.2, 0.25) is 0 Å². The number of nitrogens with two attached hydrogens (primary N) is 1. The van der Waals surface area contributed by atoms with Crippen LogP contribution >= 0.6 is 0 Å². The molecule has 2 aromatic rings. The fraction of sp³-hybridized carbons (Fsp3) is 0.312. The molecule has 20 heavy (non-hydrogen) atoms. The molecule has 0 fully saturated rings. The van der Waals surface area contributed by atoms with Crippen LogP contribution in [-0.4, -0.2) is 23.7 Å². The van der Waals surface area contributed by atoms with Crippen LogP contribution in [0, 0.1) is 0 Å². The highest BCUT2D eigenvalue weighted by atomic mass is 16.3. The van der Waals surface area contributed by atoms with E-state index in [0.717, 1.165) is 17.2 Å². The molecule has 0 saturated carbocycles. The smallest absolute Gasteiger partial charge is 0.253 e. The van der Waals surface area contributed by atoms with Crippen LogP contribution < -0.4 is 11.1 Å². The summed E-state index contributed by atoms with van der Waals surface area (Å²) < 4.78 is 0. The minimum Gasteiger partial charge on any atom is -0.398 e. The summed E-state index contributed by atoms with van der Waals surface area (Å²) in [4.78, 5) is 12.1. The quantitative estimate of drug-likeness (QED) is 0.577. The molecule has 0 radical (unpaired) electrons. The van der Waals surface area contributed by atoms with Gasteiger partial charge in [0.1, 0.15) is 0 Å². The van der Waals surface area contributed by atoms with Crippen molar-refractivity contribution in [1.29, 1.82) is 0 Å². The van der Waals surface area contributed by atoms with Crippen molar-refractivity contribution in [1.82, 2.24) is 5.32 Å². The minimum absolute atomic E-state index is 0.168. The summed E-state index contributed by atoms with van der Waals surface area (Å²) in [7, 11) is 0. The largest absolute Gasteiger partial charge is 0.398 e. The van der Waals surface area contributed by atoms with Crippen molar-refractivity contribution in [2.45, 2.75) is 25.9 Å². The third-order valence-electron chi connectivity index (χ3n) is 3.25. The van der Waals surface area contributed by atoms with Crippen molar-refractivity contribution >= 4 is 22.4 Å². The van der Waals surface area contributed by atoms with Crippen LogP contribution in [0.3, 0.4) is 0 Å². The predicted molar refractivity (Wildman–Crippen MR) is 81.6 cm³/mol. The van der Waals surface area contributed by atoms with E-state index in [0.29, 0.717) is 24.2 Å². The van der Waals surface area contributed by atoms with Crippen LogP contribution in [0.2, 0.25) is 0 Å². The molecular weight excluding hydrogens is 252 g/mol. The summed E-state index contributed by atoms with van der Waals surface area (Å²) in [5.74, 6) is -0.168. The van der Waals surface area contributed by atoms with Gasteiger partial charge < -0.3 is 16.2 Å². The molecule has 1 unspecified atom stereocenters. The third-order valence-corrected chi connectivity index (χ3v) is 3.25. The molecule has 106 valence electrons. The molecule has 0 spiro atoms. The van der Waals surface area contributed by atoms with Crippen LogP contribution in [0.4, 0.5) is 5.69 Å². The number of fused-ring (bicyclic) bond motifs is 1. The molecule has 0 aliphatic carbocycles. The molecule has 0 bridgehead atoms. The molecule has 4 N–H and O–H groups in total. The maximum Gasteiger partial charge on any atom is 0.253 e. The average Bonchev–Trinajstić information content (AvgIpc) is 2.42. The van der Waals surface area contributed by atoms with Gasteiger partial charge in [0.25, 0.3) is 5.91 Å². The number of hydrogen-bond acceptors (Lipinski definition) is 3. The van der Waals surface area contributed by atoms with Crippen molar-refractivity contribution in [3.8, 4) is 0 Å². The Morgan fingerprint density at radius 2 is 1.95 bits per heavy atom. The van der Waals surface area contributed by atoms with E-state index in [1.54, 1.807) is 6.92 Å². The summed E-state index contributed by atoms with van der Waals surface area (Å²) in [6.45, 7) is 2.28. The lowest BCUT2D eigenvalue weighted by Gasteiger charge is -2.09. The maximum atomic E-state index is 12.1. The molecule has 0 aromatic heterocycles. The van der Waals surface area contributed by atoms with E-state index in [-0.39, 0.29) is 12.0 Å². The summed E-state index contributed by atoms with van der Waals surface area (Å²) in [6.07, 6.45) is 1.09. The monoisotopic (exact) mass is 272 g/mol. The second kappa shape index (κ2) is 6.39. The van der Waals surface area contributed by atoms with Gasteiger partial charge in [0.05, 0.1) is 11.7 Å². The summed E-state index contributed by atoms with van der Waals surface area (Å²) in [5, 5.41) is 14.0. The first-order chi connectivity index (χ1) is 9.58. The van der Waals surface area contributed by atoms with Crippen molar-refractivity contribution in [3.05, 3.63) is 42.0 Å². The lowest BCUT2D eigenvalue weighted by molar-refractivity contribution is 0.0950. The second-order valence-electron chi connectivity index (χ2n) is 5.03. The van der Waals surface area contributed by atoms with Gasteiger partial charge in [-0.25, -0.2) is 0 Å². The van der Waals surface area contributed by atoms with Gasteiger partial charge in [0, 0.05) is 12.2 Å². The van der Waals surface area contributed by atoms with Crippen molar-refractivity contribution in [2.24, 2.45) is 0 Å². The number of hydrogen-bond donors (Lipinski definition) is 3. The van der Waals surface area contributed by atoms with Crippen molar-refractivity contribution < 1.29 is 9.90 Å². The molecule has 1 atom stereocenters. The lowest BCUT2D eigenvalue weighted by Crippen LogP contribution is -2.25. The average molecular weight is 272 g/mol. The van der Waals surface area contributed by atoms with E-state index in [4.69, 9.17) is 10.8 Å². The first kappa shape index (κ1) is 14.3. The lowest BCUT2D eigenvalue weighted by atomic mass is 10.0. The summed E-state index contributed by atoms with van der Waals surface area (Å²) in [6, 6.07) is 11.4. The molecule has 0 saturated heterocycles. The molecular formula is C16H20N2O2. The number of aliphatic hydroxyl groups is 1. The number of nitrogens with one attached hydrogen (secondary N) is 1. The summed E-state index contributed by atoms with van der Waals surface area (Å²) in [5.41, 5.74) is 6.92. The van der Waals surface area contributed by atoms with Gasteiger partial charge in [-0.2, -0.15) is 0 Å². The Kier molecular flexibility index (Phi) is 4.58. The fourth-order valence-electron chi connectivity index (χ4n) is 2.15. The normalized spacial score (nSPS) is 12.3. The van der Waals surface area contributed by atoms with Gasteiger partial charge in [-0.05, 0) is 42.7 Å². The Bertz CT molecular complexity index is 608. The van der Waals surface area contributed by atoms with Gasteiger partial charge >= 0.3 is 0 Å². The zero-order chi connectivity index (χ0) is 14.5. The molecule has 1 amide bonds. The van der Waals surface area contributed by atoms with E-state index in [1.165, 1.54) is 0 Å². The summed E-state index contributed by atoms with van der Waals surface area (Å²) >= 11 is 0. The number of aliphatic hydroxyl groups excluding tert-OH is 1. The van der Waals surface area contributed by atoms with Crippen LogP contribution in [0.1, 0.15) is 30.1 Å². The molecule has 2 rings (SSSR count). The third kappa shape index (κ3) is 3.48. The molecule has 4 heteroatoms. The standard InChI is InChI=1S/C16H20N2O2/c1-11(19)5-4-8-18-16(20)14-9-12-6-2-3-7-13(12)10-15(14)17/h2-3,6-7,9-11,19H,4-5,8,17H2,1H3,(H,18,20). The number of amides is 1. The molecule has 0 heterocycles. The Labute approximate surface area is 118 Å². The molecule has 2 aromatic carbocycles. The van der Waals surface area contributed by atoms with Gasteiger partial charge in [-0.15, -0.1) is 0 Å². The maximum absolute atomic E-state index is 12.1. The van der Waals surface area contributed by atoms with Crippen LogP contribution in [0.5, 0.6) is 0 Å². The van der Waals surface area contributed by atoms with Crippen LogP contribution in [0.25, 0.3) is 10.8 Å². The Balaban J connectivity index is 2.07. The Morgan fingerprint density at radius 1 is 1.30 bits per heavy atom. The molecule has 4 nitrogen and oxygen atoms in total. The number of anilines is 1. The predicted octanol–water partition coefficient (Wildman–Crippen LogP) is 2.31. The molecule has 0 aliphatic heterocycles. The number of carbonyl (C=O) groups is 1. The number of rotatable bonds is 5.